The number of hydrogen-bond acceptors (Lipinski definition) is 3. The van der Waals surface area contributed by atoms with Crippen molar-refractivity contribution >= 4 is 11.8 Å². The lowest BCUT2D eigenvalue weighted by molar-refractivity contribution is 0.300. The molecular formula is C14H22FNOS. The number of rotatable bonds is 7. The van der Waals surface area contributed by atoms with Gasteiger partial charge >= 0.3 is 0 Å². The van der Waals surface area contributed by atoms with Crippen LogP contribution in [0, 0.1) is 11.7 Å². The SMILES string of the molecule is CC(C)CNCc1cc(F)ccc1SC(C)CO. The Morgan fingerprint density at radius 2 is 2.06 bits per heavy atom. The Bertz CT molecular complexity index is 371. The number of halogens is 1. The summed E-state index contributed by atoms with van der Waals surface area (Å²) in [7, 11) is 0. The van der Waals surface area contributed by atoms with Crippen molar-refractivity contribution in [1.29, 1.82) is 0 Å². The molecule has 1 aromatic rings. The van der Waals surface area contributed by atoms with Crippen molar-refractivity contribution in [2.75, 3.05) is 13.2 Å². The van der Waals surface area contributed by atoms with Crippen molar-refractivity contribution in [1.82, 2.24) is 5.32 Å². The maximum atomic E-state index is 13.3. The Labute approximate surface area is 113 Å². The van der Waals surface area contributed by atoms with Gasteiger partial charge in [0, 0.05) is 16.7 Å². The minimum absolute atomic E-state index is 0.124. The lowest BCUT2D eigenvalue weighted by Gasteiger charge is -2.14. The van der Waals surface area contributed by atoms with Gasteiger partial charge in [-0.3, -0.25) is 0 Å². The zero-order valence-electron chi connectivity index (χ0n) is 11.2. The molecule has 102 valence electrons. The van der Waals surface area contributed by atoms with E-state index in [-0.39, 0.29) is 17.7 Å². The molecule has 0 fully saturated rings. The summed E-state index contributed by atoms with van der Waals surface area (Å²) in [5.74, 6) is 0.364. The van der Waals surface area contributed by atoms with Gasteiger partial charge in [0.05, 0.1) is 6.61 Å². The van der Waals surface area contributed by atoms with E-state index in [9.17, 15) is 4.39 Å². The quantitative estimate of drug-likeness (QED) is 0.748. The van der Waals surface area contributed by atoms with Crippen molar-refractivity contribution in [3.05, 3.63) is 29.6 Å². The van der Waals surface area contributed by atoms with Gasteiger partial charge in [0.15, 0.2) is 0 Å². The van der Waals surface area contributed by atoms with Crippen molar-refractivity contribution in [2.45, 2.75) is 37.5 Å². The van der Waals surface area contributed by atoms with Gasteiger partial charge in [0.25, 0.3) is 0 Å². The molecule has 0 saturated heterocycles. The molecule has 0 amide bonds. The number of aliphatic hydroxyl groups excluding tert-OH is 1. The second-order valence-electron chi connectivity index (χ2n) is 4.89. The van der Waals surface area contributed by atoms with Gasteiger partial charge in [-0.2, -0.15) is 0 Å². The Kier molecular flexibility index (Phi) is 6.68. The molecule has 0 spiro atoms. The van der Waals surface area contributed by atoms with Gasteiger partial charge in [0.2, 0.25) is 0 Å². The largest absolute Gasteiger partial charge is 0.395 e. The van der Waals surface area contributed by atoms with Crippen LogP contribution in [0.1, 0.15) is 26.3 Å². The van der Waals surface area contributed by atoms with Crippen molar-refractivity contribution in [3.63, 3.8) is 0 Å². The summed E-state index contributed by atoms with van der Waals surface area (Å²) in [5.41, 5.74) is 0.959. The minimum Gasteiger partial charge on any atom is -0.395 e. The van der Waals surface area contributed by atoms with Crippen LogP contribution in [-0.2, 0) is 6.54 Å². The molecule has 4 heteroatoms. The summed E-state index contributed by atoms with van der Waals surface area (Å²) in [6, 6.07) is 4.83. The van der Waals surface area contributed by atoms with Crippen LogP contribution in [0.3, 0.4) is 0 Å². The molecule has 0 aliphatic heterocycles. The molecule has 1 unspecified atom stereocenters. The third kappa shape index (κ3) is 5.38. The lowest BCUT2D eigenvalue weighted by atomic mass is 10.2. The number of benzene rings is 1. The Morgan fingerprint density at radius 1 is 1.33 bits per heavy atom. The van der Waals surface area contributed by atoms with E-state index in [0.717, 1.165) is 17.0 Å². The second-order valence-corrected chi connectivity index (χ2v) is 6.37. The summed E-state index contributed by atoms with van der Waals surface area (Å²) < 4.78 is 13.3. The highest BCUT2D eigenvalue weighted by Crippen LogP contribution is 2.27. The van der Waals surface area contributed by atoms with E-state index < -0.39 is 0 Å². The van der Waals surface area contributed by atoms with Crippen LogP contribution in [0.15, 0.2) is 23.1 Å². The molecule has 1 aromatic carbocycles. The smallest absolute Gasteiger partial charge is 0.123 e. The molecule has 0 aliphatic rings. The summed E-state index contributed by atoms with van der Waals surface area (Å²) in [4.78, 5) is 1.04. The van der Waals surface area contributed by atoms with Gasteiger partial charge in [-0.05, 0) is 36.2 Å². The summed E-state index contributed by atoms with van der Waals surface area (Å²) >= 11 is 1.58. The monoisotopic (exact) mass is 271 g/mol. The Balaban J connectivity index is 2.70. The van der Waals surface area contributed by atoms with E-state index in [2.05, 4.69) is 19.2 Å². The van der Waals surface area contributed by atoms with E-state index in [1.54, 1.807) is 23.9 Å². The molecule has 0 aromatic heterocycles. The first-order valence-electron chi connectivity index (χ1n) is 6.29. The standard InChI is InChI=1S/C14H22FNOS/c1-10(2)7-16-8-12-6-13(15)4-5-14(12)18-11(3)9-17/h4-6,10-11,16-17H,7-9H2,1-3H3. The second kappa shape index (κ2) is 7.77. The van der Waals surface area contributed by atoms with Gasteiger partial charge in [-0.25, -0.2) is 4.39 Å². The molecule has 0 bridgehead atoms. The summed E-state index contributed by atoms with van der Waals surface area (Å²) in [6.45, 7) is 7.94. The Hall–Kier alpha value is -0.580. The van der Waals surface area contributed by atoms with Crippen molar-refractivity contribution in [2.24, 2.45) is 5.92 Å². The van der Waals surface area contributed by atoms with E-state index in [4.69, 9.17) is 5.11 Å². The van der Waals surface area contributed by atoms with Crippen LogP contribution < -0.4 is 5.32 Å². The first-order chi connectivity index (χ1) is 8.52. The zero-order chi connectivity index (χ0) is 13.5. The molecule has 2 N–H and O–H groups in total. The summed E-state index contributed by atoms with van der Waals surface area (Å²) in [6.07, 6.45) is 0. The zero-order valence-corrected chi connectivity index (χ0v) is 12.1. The fourth-order valence-corrected chi connectivity index (χ4v) is 2.49. The summed E-state index contributed by atoms with van der Waals surface area (Å²) in [5, 5.41) is 12.5. The molecule has 1 atom stereocenters. The average molecular weight is 271 g/mol. The predicted octanol–water partition coefficient (Wildman–Crippen LogP) is 3.04. The fraction of sp³-hybridized carbons (Fsp3) is 0.571. The van der Waals surface area contributed by atoms with Crippen molar-refractivity contribution < 1.29 is 9.50 Å². The van der Waals surface area contributed by atoms with Crippen LogP contribution in [0.4, 0.5) is 4.39 Å². The van der Waals surface area contributed by atoms with Gasteiger partial charge < -0.3 is 10.4 Å². The van der Waals surface area contributed by atoms with Gasteiger partial charge in [-0.15, -0.1) is 11.8 Å². The minimum atomic E-state index is -0.211. The first kappa shape index (κ1) is 15.5. The number of thioether (sulfide) groups is 1. The van der Waals surface area contributed by atoms with E-state index in [1.807, 2.05) is 6.92 Å². The topological polar surface area (TPSA) is 32.3 Å². The maximum Gasteiger partial charge on any atom is 0.123 e. The molecule has 0 aliphatic carbocycles. The lowest BCUT2D eigenvalue weighted by Crippen LogP contribution is -2.19. The van der Waals surface area contributed by atoms with E-state index in [0.29, 0.717) is 12.5 Å². The highest BCUT2D eigenvalue weighted by atomic mass is 32.2. The van der Waals surface area contributed by atoms with Crippen molar-refractivity contribution in [3.8, 4) is 0 Å². The average Bonchev–Trinajstić information content (AvgIpc) is 2.31. The van der Waals surface area contributed by atoms with Crippen LogP contribution >= 0.6 is 11.8 Å². The number of nitrogens with one attached hydrogen (secondary N) is 1. The molecule has 0 saturated carbocycles. The van der Waals surface area contributed by atoms with Crippen LogP contribution in [0.5, 0.6) is 0 Å². The molecule has 1 rings (SSSR count). The molecular weight excluding hydrogens is 249 g/mol. The van der Waals surface area contributed by atoms with Gasteiger partial charge in [-0.1, -0.05) is 20.8 Å². The third-order valence-electron chi connectivity index (χ3n) is 2.48. The maximum absolute atomic E-state index is 13.3. The molecule has 0 heterocycles. The first-order valence-corrected chi connectivity index (χ1v) is 7.17. The van der Waals surface area contributed by atoms with E-state index >= 15 is 0 Å². The highest BCUT2D eigenvalue weighted by Gasteiger charge is 2.09. The highest BCUT2D eigenvalue weighted by molar-refractivity contribution is 8.00. The molecule has 2 nitrogen and oxygen atoms in total. The van der Waals surface area contributed by atoms with Crippen LogP contribution in [-0.4, -0.2) is 23.5 Å². The fourth-order valence-electron chi connectivity index (χ4n) is 1.55. The van der Waals surface area contributed by atoms with Crippen LogP contribution in [0.25, 0.3) is 0 Å². The van der Waals surface area contributed by atoms with Crippen LogP contribution in [0.2, 0.25) is 0 Å². The number of hydrogen-bond donors (Lipinski definition) is 2. The predicted molar refractivity (Wildman–Crippen MR) is 75.3 cm³/mol. The molecule has 0 radical (unpaired) electrons. The molecule has 18 heavy (non-hydrogen) atoms. The third-order valence-corrected chi connectivity index (χ3v) is 3.68. The number of aliphatic hydroxyl groups is 1. The van der Waals surface area contributed by atoms with Gasteiger partial charge in [0.1, 0.15) is 5.82 Å². The normalized spacial score (nSPS) is 13.0. The van der Waals surface area contributed by atoms with E-state index in [1.165, 1.54) is 6.07 Å². The Morgan fingerprint density at radius 3 is 2.67 bits per heavy atom.